The van der Waals surface area contributed by atoms with E-state index in [1.807, 2.05) is 67.6 Å². The van der Waals surface area contributed by atoms with E-state index in [1.54, 1.807) is 28.9 Å². The van der Waals surface area contributed by atoms with Crippen LogP contribution in [0.3, 0.4) is 0 Å². The van der Waals surface area contributed by atoms with Crippen molar-refractivity contribution in [2.45, 2.75) is 13.3 Å². The normalized spacial score (nSPS) is 10.7. The van der Waals surface area contributed by atoms with Crippen LogP contribution >= 0.6 is 0 Å². The van der Waals surface area contributed by atoms with Crippen LogP contribution in [0.15, 0.2) is 84.9 Å². The zero-order chi connectivity index (χ0) is 24.5. The molecule has 2 amide bonds. The summed E-state index contributed by atoms with van der Waals surface area (Å²) in [6.07, 6.45) is 0.732. The highest BCUT2D eigenvalue weighted by atomic mass is 16.5. The molecule has 0 aliphatic rings. The summed E-state index contributed by atoms with van der Waals surface area (Å²) in [6.45, 7) is 3.70. The van der Waals surface area contributed by atoms with Crippen molar-refractivity contribution >= 4 is 17.5 Å². The van der Waals surface area contributed by atoms with Gasteiger partial charge in [-0.2, -0.15) is 0 Å². The van der Waals surface area contributed by atoms with Crippen LogP contribution in [0, 0.1) is 0 Å². The molecule has 4 rings (SSSR count). The Labute approximate surface area is 204 Å². The number of hydrogen-bond acceptors (Lipinski definition) is 5. The standard InChI is InChI=1S/C27H27N5O3/c1-2-35-18-10-17-28-26(33)21-13-9-14-22(19-21)29-27(34)24-30-25(20-11-5-3-6-12-20)32(31-24)23-15-7-4-8-16-23/h3-9,11-16,19H,2,10,17-18H2,1H3,(H,28,33)(H,29,34). The third kappa shape index (κ3) is 6.18. The molecule has 0 bridgehead atoms. The number of amides is 2. The summed E-state index contributed by atoms with van der Waals surface area (Å²) in [4.78, 5) is 30.0. The van der Waals surface area contributed by atoms with Crippen molar-refractivity contribution in [3.63, 3.8) is 0 Å². The highest BCUT2D eigenvalue weighted by Gasteiger charge is 2.19. The van der Waals surface area contributed by atoms with E-state index in [-0.39, 0.29) is 11.7 Å². The van der Waals surface area contributed by atoms with E-state index in [9.17, 15) is 9.59 Å². The number of ether oxygens (including phenoxy) is 1. The maximum Gasteiger partial charge on any atom is 0.295 e. The molecular formula is C27H27N5O3. The molecule has 3 aromatic carbocycles. The molecule has 1 aromatic heterocycles. The molecule has 0 aliphatic carbocycles. The van der Waals surface area contributed by atoms with Gasteiger partial charge in [-0.3, -0.25) is 9.59 Å². The Morgan fingerprint density at radius 1 is 0.914 bits per heavy atom. The van der Waals surface area contributed by atoms with Crippen LogP contribution in [0.25, 0.3) is 17.1 Å². The minimum Gasteiger partial charge on any atom is -0.382 e. The number of carbonyl (C=O) groups is 2. The van der Waals surface area contributed by atoms with Crippen LogP contribution in [-0.2, 0) is 4.74 Å². The Morgan fingerprint density at radius 3 is 2.40 bits per heavy atom. The smallest absolute Gasteiger partial charge is 0.295 e. The molecular weight excluding hydrogens is 442 g/mol. The number of nitrogens with one attached hydrogen (secondary N) is 2. The van der Waals surface area contributed by atoms with E-state index < -0.39 is 5.91 Å². The topological polar surface area (TPSA) is 98.1 Å². The molecule has 0 unspecified atom stereocenters. The molecule has 1 heterocycles. The van der Waals surface area contributed by atoms with Crippen LogP contribution in [-0.4, -0.2) is 46.3 Å². The second-order valence-electron chi connectivity index (χ2n) is 7.71. The molecule has 0 aliphatic heterocycles. The molecule has 0 spiro atoms. The molecule has 0 saturated carbocycles. The second-order valence-corrected chi connectivity index (χ2v) is 7.71. The third-order valence-corrected chi connectivity index (χ3v) is 5.18. The quantitative estimate of drug-likeness (QED) is 0.337. The molecule has 0 radical (unpaired) electrons. The molecule has 8 heteroatoms. The summed E-state index contributed by atoms with van der Waals surface area (Å²) >= 11 is 0. The van der Waals surface area contributed by atoms with E-state index in [2.05, 4.69) is 20.7 Å². The average Bonchev–Trinajstić information content (AvgIpc) is 3.35. The van der Waals surface area contributed by atoms with Crippen molar-refractivity contribution in [2.75, 3.05) is 25.1 Å². The highest BCUT2D eigenvalue weighted by molar-refractivity contribution is 6.03. The fourth-order valence-corrected chi connectivity index (χ4v) is 3.48. The summed E-state index contributed by atoms with van der Waals surface area (Å²) < 4.78 is 6.93. The van der Waals surface area contributed by atoms with Crippen molar-refractivity contribution in [2.24, 2.45) is 0 Å². The molecule has 2 N–H and O–H groups in total. The van der Waals surface area contributed by atoms with Crippen LogP contribution in [0.1, 0.15) is 34.3 Å². The first-order chi connectivity index (χ1) is 17.2. The predicted octanol–water partition coefficient (Wildman–Crippen LogP) is 4.34. The fraction of sp³-hybridized carbons (Fsp3) is 0.185. The van der Waals surface area contributed by atoms with Crippen molar-refractivity contribution in [1.29, 1.82) is 0 Å². The zero-order valence-corrected chi connectivity index (χ0v) is 19.5. The first-order valence-corrected chi connectivity index (χ1v) is 11.5. The van der Waals surface area contributed by atoms with Crippen molar-refractivity contribution in [3.8, 4) is 17.1 Å². The van der Waals surface area contributed by atoms with E-state index in [0.29, 0.717) is 36.8 Å². The molecule has 8 nitrogen and oxygen atoms in total. The van der Waals surface area contributed by atoms with E-state index in [1.165, 1.54) is 0 Å². The highest BCUT2D eigenvalue weighted by Crippen LogP contribution is 2.21. The Hall–Kier alpha value is -4.30. The van der Waals surface area contributed by atoms with Crippen LogP contribution in [0.2, 0.25) is 0 Å². The monoisotopic (exact) mass is 469 g/mol. The maximum atomic E-state index is 13.0. The minimum atomic E-state index is -0.467. The lowest BCUT2D eigenvalue weighted by Crippen LogP contribution is -2.25. The van der Waals surface area contributed by atoms with Gasteiger partial charge in [-0.25, -0.2) is 9.67 Å². The van der Waals surface area contributed by atoms with Gasteiger partial charge in [0.05, 0.1) is 5.69 Å². The van der Waals surface area contributed by atoms with Crippen LogP contribution in [0.5, 0.6) is 0 Å². The number of rotatable bonds is 10. The van der Waals surface area contributed by atoms with Gasteiger partial charge < -0.3 is 15.4 Å². The number of benzene rings is 3. The van der Waals surface area contributed by atoms with Crippen LogP contribution < -0.4 is 10.6 Å². The van der Waals surface area contributed by atoms with Gasteiger partial charge in [-0.05, 0) is 43.7 Å². The largest absolute Gasteiger partial charge is 0.382 e. The van der Waals surface area contributed by atoms with Gasteiger partial charge in [0.25, 0.3) is 11.8 Å². The van der Waals surface area contributed by atoms with Gasteiger partial charge in [0.15, 0.2) is 5.82 Å². The first kappa shape index (κ1) is 23.8. The summed E-state index contributed by atoms with van der Waals surface area (Å²) in [5, 5.41) is 10.1. The number of carbonyl (C=O) groups excluding carboxylic acids is 2. The average molecular weight is 470 g/mol. The number of aromatic nitrogens is 3. The summed E-state index contributed by atoms with van der Waals surface area (Å²) in [7, 11) is 0. The van der Waals surface area contributed by atoms with E-state index in [0.717, 1.165) is 17.7 Å². The summed E-state index contributed by atoms with van der Waals surface area (Å²) in [5.41, 5.74) is 2.56. The molecule has 4 aromatic rings. The second kappa shape index (κ2) is 11.7. The van der Waals surface area contributed by atoms with E-state index >= 15 is 0 Å². The molecule has 0 atom stereocenters. The number of hydrogen-bond donors (Lipinski definition) is 2. The van der Waals surface area contributed by atoms with Gasteiger partial charge in [0.1, 0.15) is 0 Å². The predicted molar refractivity (Wildman–Crippen MR) is 135 cm³/mol. The van der Waals surface area contributed by atoms with Gasteiger partial charge in [0, 0.05) is 36.6 Å². The summed E-state index contributed by atoms with van der Waals surface area (Å²) in [5.74, 6) is -0.0952. The Morgan fingerprint density at radius 2 is 1.66 bits per heavy atom. The molecule has 0 fully saturated rings. The van der Waals surface area contributed by atoms with Crippen molar-refractivity contribution in [1.82, 2.24) is 20.1 Å². The number of anilines is 1. The Balaban J connectivity index is 1.51. The van der Waals surface area contributed by atoms with Gasteiger partial charge in [-0.1, -0.05) is 54.6 Å². The lowest BCUT2D eigenvalue weighted by molar-refractivity contribution is 0.0942. The number of nitrogens with zero attached hydrogens (tertiary/aromatic N) is 3. The third-order valence-electron chi connectivity index (χ3n) is 5.18. The first-order valence-electron chi connectivity index (χ1n) is 11.5. The minimum absolute atomic E-state index is 0.0264. The number of para-hydroxylation sites is 1. The lowest BCUT2D eigenvalue weighted by Gasteiger charge is -2.08. The van der Waals surface area contributed by atoms with Crippen molar-refractivity contribution in [3.05, 3.63) is 96.3 Å². The summed E-state index contributed by atoms with van der Waals surface area (Å²) in [6, 6.07) is 25.9. The van der Waals surface area contributed by atoms with Crippen LogP contribution in [0.4, 0.5) is 5.69 Å². The Bertz CT molecular complexity index is 1220. The Kier molecular flexibility index (Phi) is 7.98. The molecule has 178 valence electrons. The van der Waals surface area contributed by atoms with Gasteiger partial charge in [-0.15, -0.1) is 5.10 Å². The van der Waals surface area contributed by atoms with Gasteiger partial charge in [0.2, 0.25) is 5.82 Å². The maximum absolute atomic E-state index is 13.0. The molecule has 0 saturated heterocycles. The SMILES string of the molecule is CCOCCCNC(=O)c1cccc(NC(=O)c2nc(-c3ccccc3)n(-c3ccccc3)n2)c1. The fourth-order valence-electron chi connectivity index (χ4n) is 3.48. The lowest BCUT2D eigenvalue weighted by atomic mass is 10.2. The van der Waals surface area contributed by atoms with Crippen molar-refractivity contribution < 1.29 is 14.3 Å². The van der Waals surface area contributed by atoms with E-state index in [4.69, 9.17) is 4.74 Å². The zero-order valence-electron chi connectivity index (χ0n) is 19.5. The van der Waals surface area contributed by atoms with Gasteiger partial charge >= 0.3 is 0 Å². The molecule has 35 heavy (non-hydrogen) atoms.